The molecule has 1 aromatic carbocycles. The van der Waals surface area contributed by atoms with Gasteiger partial charge in [0, 0.05) is 24.5 Å². The van der Waals surface area contributed by atoms with Crippen LogP contribution in [-0.4, -0.2) is 52.8 Å². The molecule has 1 aliphatic heterocycles. The van der Waals surface area contributed by atoms with Crippen molar-refractivity contribution < 1.29 is 19.7 Å². The van der Waals surface area contributed by atoms with Crippen LogP contribution in [0.15, 0.2) is 30.5 Å². The molecule has 1 saturated heterocycles. The standard InChI is InChI=1S/C29H42N2O4/c1-35-24-9-10-27-26(19-24)25(13-16-30-27)28(32)11-7-22-15-18-31(20-23(22)8-12-29(33)34)17-14-21-5-3-2-4-6-21/h9-10,13,16,19,21-23,28,32H,2-8,11-12,14-15,17-18,20H2,1H3,(H,33,34)/t22-,23+,28?/m1/s1. The summed E-state index contributed by atoms with van der Waals surface area (Å²) in [6.07, 6.45) is 13.0. The Bertz CT molecular complexity index is 959. The lowest BCUT2D eigenvalue weighted by atomic mass is 9.78. The molecule has 0 spiro atoms. The highest BCUT2D eigenvalue weighted by Gasteiger charge is 2.30. The van der Waals surface area contributed by atoms with Crippen LogP contribution in [0.2, 0.25) is 0 Å². The van der Waals surface area contributed by atoms with Gasteiger partial charge in [-0.15, -0.1) is 0 Å². The molecule has 192 valence electrons. The number of rotatable bonds is 11. The van der Waals surface area contributed by atoms with E-state index in [1.807, 2.05) is 24.3 Å². The molecule has 35 heavy (non-hydrogen) atoms. The Kier molecular flexibility index (Phi) is 9.38. The smallest absolute Gasteiger partial charge is 0.303 e. The molecule has 0 radical (unpaired) electrons. The summed E-state index contributed by atoms with van der Waals surface area (Å²) in [6, 6.07) is 7.67. The molecule has 1 unspecified atom stereocenters. The summed E-state index contributed by atoms with van der Waals surface area (Å²) in [5.41, 5.74) is 1.74. The van der Waals surface area contributed by atoms with Crippen molar-refractivity contribution in [1.29, 1.82) is 0 Å². The Morgan fingerprint density at radius 3 is 2.71 bits per heavy atom. The first-order chi connectivity index (χ1) is 17.0. The van der Waals surface area contributed by atoms with Crippen LogP contribution in [0, 0.1) is 17.8 Å². The average molecular weight is 483 g/mol. The Labute approximate surface area is 209 Å². The van der Waals surface area contributed by atoms with Crippen molar-refractivity contribution in [2.45, 2.75) is 76.7 Å². The van der Waals surface area contributed by atoms with Crippen molar-refractivity contribution in [1.82, 2.24) is 9.88 Å². The van der Waals surface area contributed by atoms with E-state index in [4.69, 9.17) is 4.74 Å². The number of pyridine rings is 1. The zero-order valence-electron chi connectivity index (χ0n) is 21.2. The summed E-state index contributed by atoms with van der Waals surface area (Å²) in [6.45, 7) is 3.23. The largest absolute Gasteiger partial charge is 0.497 e. The quantitative estimate of drug-likeness (QED) is 0.419. The van der Waals surface area contributed by atoms with Gasteiger partial charge >= 0.3 is 5.97 Å². The molecule has 2 heterocycles. The second-order valence-corrected chi connectivity index (χ2v) is 10.7. The van der Waals surface area contributed by atoms with E-state index < -0.39 is 12.1 Å². The number of benzene rings is 1. The van der Waals surface area contributed by atoms with E-state index in [9.17, 15) is 15.0 Å². The molecular formula is C29H42N2O4. The zero-order chi connectivity index (χ0) is 24.6. The van der Waals surface area contributed by atoms with Crippen LogP contribution >= 0.6 is 0 Å². The summed E-state index contributed by atoms with van der Waals surface area (Å²) in [5, 5.41) is 21.4. The SMILES string of the molecule is COc1ccc2nccc(C(O)CC[C@@H]3CCN(CCC4CCCCC4)C[C@@H]3CCC(=O)O)c2c1. The van der Waals surface area contributed by atoms with Crippen molar-refractivity contribution in [2.75, 3.05) is 26.7 Å². The number of carboxylic acids is 1. The third kappa shape index (κ3) is 7.17. The van der Waals surface area contributed by atoms with Crippen LogP contribution < -0.4 is 4.74 Å². The Balaban J connectivity index is 1.36. The molecule has 4 rings (SSSR count). The Morgan fingerprint density at radius 2 is 1.94 bits per heavy atom. The number of aliphatic hydroxyl groups is 1. The van der Waals surface area contributed by atoms with Gasteiger partial charge in [0.2, 0.25) is 0 Å². The number of aliphatic hydroxyl groups excluding tert-OH is 1. The molecule has 1 aromatic heterocycles. The van der Waals surface area contributed by atoms with Crippen LogP contribution in [0.3, 0.4) is 0 Å². The number of ether oxygens (including phenoxy) is 1. The summed E-state index contributed by atoms with van der Waals surface area (Å²) >= 11 is 0. The maximum absolute atomic E-state index is 11.3. The van der Waals surface area contributed by atoms with Gasteiger partial charge in [-0.05, 0) is 92.8 Å². The number of likely N-dealkylation sites (tertiary alicyclic amines) is 1. The fourth-order valence-electron chi connectivity index (χ4n) is 6.31. The number of hydrogen-bond donors (Lipinski definition) is 2. The minimum Gasteiger partial charge on any atom is -0.497 e. The number of methoxy groups -OCH3 is 1. The van der Waals surface area contributed by atoms with E-state index in [-0.39, 0.29) is 6.42 Å². The average Bonchev–Trinajstić information content (AvgIpc) is 2.89. The van der Waals surface area contributed by atoms with Gasteiger partial charge in [-0.2, -0.15) is 0 Å². The fraction of sp³-hybridized carbons (Fsp3) is 0.655. The van der Waals surface area contributed by atoms with E-state index in [1.54, 1.807) is 13.3 Å². The first-order valence-electron chi connectivity index (χ1n) is 13.6. The van der Waals surface area contributed by atoms with Gasteiger partial charge in [0.05, 0.1) is 18.7 Å². The van der Waals surface area contributed by atoms with E-state index in [2.05, 4.69) is 9.88 Å². The monoisotopic (exact) mass is 482 g/mol. The summed E-state index contributed by atoms with van der Waals surface area (Å²) in [4.78, 5) is 18.3. The molecule has 2 aliphatic rings. The normalized spacial score (nSPS) is 22.8. The molecule has 6 heteroatoms. The molecule has 2 N–H and O–H groups in total. The highest BCUT2D eigenvalue weighted by atomic mass is 16.5. The van der Waals surface area contributed by atoms with Crippen molar-refractivity contribution in [3.8, 4) is 5.75 Å². The lowest BCUT2D eigenvalue weighted by molar-refractivity contribution is -0.137. The number of carboxylic acid groups (broad SMARTS) is 1. The Morgan fingerprint density at radius 1 is 1.11 bits per heavy atom. The number of hydrogen-bond acceptors (Lipinski definition) is 5. The van der Waals surface area contributed by atoms with Gasteiger partial charge in [0.15, 0.2) is 0 Å². The van der Waals surface area contributed by atoms with E-state index in [0.29, 0.717) is 18.3 Å². The van der Waals surface area contributed by atoms with Gasteiger partial charge in [0.25, 0.3) is 0 Å². The first kappa shape index (κ1) is 25.9. The third-order valence-corrected chi connectivity index (χ3v) is 8.44. The van der Waals surface area contributed by atoms with Crippen LogP contribution in [0.1, 0.15) is 82.3 Å². The van der Waals surface area contributed by atoms with Crippen LogP contribution in [0.25, 0.3) is 10.9 Å². The first-order valence-corrected chi connectivity index (χ1v) is 13.6. The maximum atomic E-state index is 11.3. The molecule has 6 nitrogen and oxygen atoms in total. The van der Waals surface area contributed by atoms with Crippen molar-refractivity contribution in [3.05, 3.63) is 36.0 Å². The minimum atomic E-state index is -0.708. The molecule has 1 aliphatic carbocycles. The van der Waals surface area contributed by atoms with Crippen LogP contribution in [-0.2, 0) is 4.79 Å². The zero-order valence-corrected chi connectivity index (χ0v) is 21.2. The molecule has 2 fully saturated rings. The van der Waals surface area contributed by atoms with Gasteiger partial charge in [-0.25, -0.2) is 0 Å². The predicted molar refractivity (Wildman–Crippen MR) is 139 cm³/mol. The van der Waals surface area contributed by atoms with E-state index in [1.165, 1.54) is 38.5 Å². The summed E-state index contributed by atoms with van der Waals surface area (Å²) < 4.78 is 5.38. The van der Waals surface area contributed by atoms with E-state index >= 15 is 0 Å². The number of fused-ring (bicyclic) bond motifs is 1. The molecule has 0 bridgehead atoms. The van der Waals surface area contributed by atoms with E-state index in [0.717, 1.165) is 67.0 Å². The van der Waals surface area contributed by atoms with Gasteiger partial charge in [-0.1, -0.05) is 32.1 Å². The maximum Gasteiger partial charge on any atom is 0.303 e. The van der Waals surface area contributed by atoms with Gasteiger partial charge < -0.3 is 19.8 Å². The number of piperidine rings is 1. The molecule has 2 aromatic rings. The van der Waals surface area contributed by atoms with Crippen molar-refractivity contribution in [2.24, 2.45) is 17.8 Å². The van der Waals surface area contributed by atoms with Gasteiger partial charge in [-0.3, -0.25) is 9.78 Å². The number of aromatic nitrogens is 1. The second-order valence-electron chi connectivity index (χ2n) is 10.7. The lowest BCUT2D eigenvalue weighted by Gasteiger charge is -2.39. The van der Waals surface area contributed by atoms with Crippen molar-refractivity contribution in [3.63, 3.8) is 0 Å². The minimum absolute atomic E-state index is 0.231. The molecule has 1 saturated carbocycles. The summed E-state index contributed by atoms with van der Waals surface area (Å²) in [7, 11) is 1.65. The van der Waals surface area contributed by atoms with Gasteiger partial charge in [0.1, 0.15) is 5.75 Å². The number of aliphatic carboxylic acids is 1. The lowest BCUT2D eigenvalue weighted by Crippen LogP contribution is -2.41. The van der Waals surface area contributed by atoms with Crippen LogP contribution in [0.4, 0.5) is 0 Å². The van der Waals surface area contributed by atoms with Crippen LogP contribution in [0.5, 0.6) is 5.75 Å². The van der Waals surface area contributed by atoms with Crippen molar-refractivity contribution >= 4 is 16.9 Å². The highest BCUT2D eigenvalue weighted by Crippen LogP contribution is 2.36. The highest BCUT2D eigenvalue weighted by molar-refractivity contribution is 5.83. The topological polar surface area (TPSA) is 82.9 Å². The second kappa shape index (κ2) is 12.7. The third-order valence-electron chi connectivity index (χ3n) is 8.44. The number of nitrogens with zero attached hydrogens (tertiary/aromatic N) is 2. The summed E-state index contributed by atoms with van der Waals surface area (Å²) in [5.74, 6) is 1.77. The molecule has 3 atom stereocenters. The fourth-order valence-corrected chi connectivity index (χ4v) is 6.31. The number of carbonyl (C=O) groups is 1. The molecule has 0 amide bonds. The molecular weight excluding hydrogens is 440 g/mol. The Hall–Kier alpha value is -2.18. The predicted octanol–water partition coefficient (Wildman–Crippen LogP) is 5.83.